The summed E-state index contributed by atoms with van der Waals surface area (Å²) < 4.78 is 31.4. The predicted octanol–water partition coefficient (Wildman–Crippen LogP) is 3.52. The number of sulfone groups is 1. The van der Waals surface area contributed by atoms with Crippen LogP contribution in [0.1, 0.15) is 69.3 Å². The van der Waals surface area contributed by atoms with Crippen molar-refractivity contribution in [1.82, 2.24) is 29.8 Å². The van der Waals surface area contributed by atoms with Crippen LogP contribution in [0.25, 0.3) is 5.65 Å². The van der Waals surface area contributed by atoms with Crippen LogP contribution in [0.15, 0.2) is 35.6 Å². The smallest absolute Gasteiger partial charge is 0.410 e. The van der Waals surface area contributed by atoms with Gasteiger partial charge in [-0.3, -0.25) is 4.79 Å². The van der Waals surface area contributed by atoms with E-state index >= 15 is 0 Å². The minimum atomic E-state index is -3.69. The fourth-order valence-electron chi connectivity index (χ4n) is 4.20. The number of nitrogens with zero attached hydrogens (tertiary/aromatic N) is 5. The highest BCUT2D eigenvalue weighted by Crippen LogP contribution is 2.24. The fourth-order valence-corrected chi connectivity index (χ4v) is 4.70. The predicted molar refractivity (Wildman–Crippen MR) is 146 cm³/mol. The lowest BCUT2D eigenvalue weighted by atomic mass is 10.0. The number of carbonyl (C=O) groups excluding carboxylic acids is 2. The van der Waals surface area contributed by atoms with E-state index in [1.807, 2.05) is 34.6 Å². The molecule has 3 heterocycles. The van der Waals surface area contributed by atoms with Crippen LogP contribution >= 0.6 is 0 Å². The van der Waals surface area contributed by atoms with Gasteiger partial charge in [-0.15, -0.1) is 0 Å². The van der Waals surface area contributed by atoms with E-state index in [0.717, 1.165) is 11.8 Å². The van der Waals surface area contributed by atoms with E-state index in [4.69, 9.17) is 4.74 Å². The maximum absolute atomic E-state index is 13.0. The lowest BCUT2D eigenvalue weighted by Crippen LogP contribution is -2.47. The number of hydrogen-bond donors (Lipinski definition) is 2. The van der Waals surface area contributed by atoms with Crippen molar-refractivity contribution in [2.75, 3.05) is 24.7 Å². The second kappa shape index (κ2) is 10.8. The van der Waals surface area contributed by atoms with E-state index in [1.165, 1.54) is 4.52 Å². The summed E-state index contributed by atoms with van der Waals surface area (Å²) in [5, 5.41) is 10.2. The molecule has 0 atom stereocenters. The molecule has 4 rings (SSSR count). The highest BCUT2D eigenvalue weighted by Gasteiger charge is 2.28. The lowest BCUT2D eigenvalue weighted by molar-refractivity contribution is 0.0199. The highest BCUT2D eigenvalue weighted by atomic mass is 32.2. The average Bonchev–Trinajstić information content (AvgIpc) is 3.28. The first kappa shape index (κ1) is 28.3. The molecule has 2 amide bonds. The van der Waals surface area contributed by atoms with Gasteiger partial charge in [-0.2, -0.15) is 19.6 Å². The first-order chi connectivity index (χ1) is 18.2. The van der Waals surface area contributed by atoms with Gasteiger partial charge < -0.3 is 20.3 Å². The van der Waals surface area contributed by atoms with E-state index < -0.39 is 15.4 Å². The number of ether oxygens (including phenoxy) is 1. The monoisotopic (exact) mass is 557 g/mol. The number of carbonyl (C=O) groups is 2. The van der Waals surface area contributed by atoms with Crippen LogP contribution in [0.4, 0.5) is 16.4 Å². The Morgan fingerprint density at radius 1 is 1.13 bits per heavy atom. The highest BCUT2D eigenvalue weighted by molar-refractivity contribution is 7.90. The number of aromatic nitrogens is 4. The Morgan fingerprint density at radius 3 is 2.44 bits per heavy atom. The molecule has 1 aromatic carbocycles. The van der Waals surface area contributed by atoms with Crippen molar-refractivity contribution in [2.45, 2.75) is 70.2 Å². The van der Waals surface area contributed by atoms with E-state index in [2.05, 4.69) is 25.7 Å². The van der Waals surface area contributed by atoms with Crippen LogP contribution < -0.4 is 10.6 Å². The molecule has 210 valence electrons. The Hall–Kier alpha value is -3.74. The molecule has 0 bridgehead atoms. The van der Waals surface area contributed by atoms with Gasteiger partial charge in [-0.25, -0.2) is 13.2 Å². The van der Waals surface area contributed by atoms with Gasteiger partial charge in [-0.05, 0) is 57.7 Å². The molecule has 1 fully saturated rings. The summed E-state index contributed by atoms with van der Waals surface area (Å²) in [4.78, 5) is 35.4. The zero-order valence-corrected chi connectivity index (χ0v) is 23.9. The summed E-state index contributed by atoms with van der Waals surface area (Å²) in [7, 11) is -3.69. The molecule has 39 heavy (non-hydrogen) atoms. The van der Waals surface area contributed by atoms with Crippen molar-refractivity contribution in [2.24, 2.45) is 0 Å². The quantitative estimate of drug-likeness (QED) is 0.464. The van der Waals surface area contributed by atoms with Crippen LogP contribution in [0.2, 0.25) is 0 Å². The van der Waals surface area contributed by atoms with Crippen LogP contribution in [0.3, 0.4) is 0 Å². The van der Waals surface area contributed by atoms with Crippen molar-refractivity contribution >= 4 is 39.1 Å². The number of likely N-dealkylation sites (tertiary alicyclic amines) is 1. The molecule has 0 saturated carbocycles. The van der Waals surface area contributed by atoms with Gasteiger partial charge in [0.05, 0.1) is 6.20 Å². The van der Waals surface area contributed by atoms with E-state index in [1.54, 1.807) is 35.4 Å². The summed E-state index contributed by atoms with van der Waals surface area (Å²) in [5.41, 5.74) is 1.58. The second-order valence-electron chi connectivity index (χ2n) is 11.0. The van der Waals surface area contributed by atoms with Gasteiger partial charge in [0.15, 0.2) is 5.65 Å². The summed E-state index contributed by atoms with van der Waals surface area (Å²) in [6, 6.07) is 6.74. The minimum absolute atomic E-state index is 0.0701. The molecule has 3 aromatic rings. The maximum Gasteiger partial charge on any atom is 0.410 e. The third-order valence-corrected chi connectivity index (χ3v) is 7.04. The molecular formula is C26H35N7O5S. The molecule has 12 nitrogen and oxygen atoms in total. The molecule has 2 aromatic heterocycles. The van der Waals surface area contributed by atoms with Crippen molar-refractivity contribution in [3.8, 4) is 0 Å². The maximum atomic E-state index is 13.0. The zero-order chi connectivity index (χ0) is 28.5. The molecule has 0 unspecified atom stereocenters. The lowest BCUT2D eigenvalue weighted by Gasteiger charge is -2.33. The van der Waals surface area contributed by atoms with E-state index in [-0.39, 0.29) is 35.1 Å². The molecule has 1 aliphatic heterocycles. The Labute approximate surface area is 228 Å². The topological polar surface area (TPSA) is 148 Å². The van der Waals surface area contributed by atoms with Gasteiger partial charge in [0.2, 0.25) is 15.8 Å². The normalized spacial score (nSPS) is 15.0. The van der Waals surface area contributed by atoms with Crippen molar-refractivity contribution in [3.63, 3.8) is 0 Å². The SMILES string of the molecule is CC(C)c1cnn2c(Nc3cccc(C(=O)NC4CCN(C(=O)OC(C)(C)C)CC4)c3)nc(S(C)(=O)=O)nc12. The molecular weight excluding hydrogens is 522 g/mol. The molecule has 1 aliphatic rings. The average molecular weight is 558 g/mol. The number of amides is 2. The number of fused-ring (bicyclic) bond motifs is 1. The summed E-state index contributed by atoms with van der Waals surface area (Å²) in [6.45, 7) is 10.4. The molecule has 0 radical (unpaired) electrons. The Balaban J connectivity index is 1.48. The summed E-state index contributed by atoms with van der Waals surface area (Å²) in [6.07, 6.45) is 3.59. The van der Waals surface area contributed by atoms with Crippen LogP contribution in [0, 0.1) is 0 Å². The van der Waals surface area contributed by atoms with E-state index in [9.17, 15) is 18.0 Å². The first-order valence-corrected chi connectivity index (χ1v) is 14.7. The zero-order valence-electron chi connectivity index (χ0n) is 23.1. The Bertz CT molecular complexity index is 1490. The van der Waals surface area contributed by atoms with Crippen molar-refractivity contribution in [3.05, 3.63) is 41.6 Å². The number of anilines is 2. The molecule has 0 aliphatic carbocycles. The van der Waals surface area contributed by atoms with Crippen LogP contribution in [0.5, 0.6) is 0 Å². The largest absolute Gasteiger partial charge is 0.444 e. The molecule has 0 spiro atoms. The number of hydrogen-bond acceptors (Lipinski definition) is 9. The van der Waals surface area contributed by atoms with E-state index in [0.29, 0.717) is 42.8 Å². The molecule has 2 N–H and O–H groups in total. The van der Waals surface area contributed by atoms with Crippen molar-refractivity contribution < 1.29 is 22.7 Å². The Morgan fingerprint density at radius 2 is 1.82 bits per heavy atom. The third-order valence-electron chi connectivity index (χ3n) is 6.19. The molecule has 1 saturated heterocycles. The Kier molecular flexibility index (Phi) is 7.82. The summed E-state index contributed by atoms with van der Waals surface area (Å²) >= 11 is 0. The van der Waals surface area contributed by atoms with Gasteiger partial charge >= 0.3 is 6.09 Å². The number of nitrogens with one attached hydrogen (secondary N) is 2. The van der Waals surface area contributed by atoms with Crippen LogP contribution in [-0.4, -0.2) is 75.9 Å². The molecule has 13 heteroatoms. The van der Waals surface area contributed by atoms with Gasteiger partial charge in [0, 0.05) is 42.2 Å². The van der Waals surface area contributed by atoms with Crippen LogP contribution in [-0.2, 0) is 14.6 Å². The first-order valence-electron chi connectivity index (χ1n) is 12.8. The number of rotatable bonds is 6. The second-order valence-corrected chi connectivity index (χ2v) is 12.9. The number of benzene rings is 1. The minimum Gasteiger partial charge on any atom is -0.444 e. The standard InChI is InChI=1S/C26H35N7O5S/c1-16(2)20-15-27-33-21(20)30-24(39(6,36)37)31-23(33)29-19-9-7-8-17(14-19)22(34)28-18-10-12-32(13-11-18)25(35)38-26(3,4)5/h7-9,14-16,18H,10-13H2,1-6H3,(H,28,34)(H,29,30,31). The van der Waals surface area contributed by atoms with Gasteiger partial charge in [-0.1, -0.05) is 19.9 Å². The number of piperidine rings is 1. The third kappa shape index (κ3) is 6.83. The summed E-state index contributed by atoms with van der Waals surface area (Å²) in [5.74, 6) is -0.0136. The van der Waals surface area contributed by atoms with Crippen molar-refractivity contribution in [1.29, 1.82) is 0 Å². The van der Waals surface area contributed by atoms with Gasteiger partial charge in [0.25, 0.3) is 11.1 Å². The van der Waals surface area contributed by atoms with Gasteiger partial charge in [0.1, 0.15) is 5.60 Å². The fraction of sp³-hybridized carbons (Fsp3) is 0.500.